The quantitative estimate of drug-likeness (QED) is 0.0465. The van der Waals surface area contributed by atoms with Crippen molar-refractivity contribution < 1.29 is 74.1 Å². The molecule has 9 N–H and O–H groups in total. The van der Waals surface area contributed by atoms with Gasteiger partial charge in [0.2, 0.25) is 5.91 Å². The van der Waals surface area contributed by atoms with Crippen LogP contribution >= 0.6 is 0 Å². The van der Waals surface area contributed by atoms with Crippen LogP contribution in [0, 0.1) is 0 Å². The maximum Gasteiger partial charge on any atom is 0.217 e. The van der Waals surface area contributed by atoms with Gasteiger partial charge in [0.15, 0.2) is 18.9 Å². The monoisotopic (exact) mass is 598 g/mol. The van der Waals surface area contributed by atoms with Crippen molar-refractivity contribution in [2.24, 2.45) is 5.11 Å². The fourth-order valence-electron chi connectivity index (χ4n) is 4.78. The van der Waals surface area contributed by atoms with Crippen LogP contribution in [0.5, 0.6) is 0 Å². The Morgan fingerprint density at radius 3 is 1.98 bits per heavy atom. The summed E-state index contributed by atoms with van der Waals surface area (Å²) in [5, 5.41) is 87.5. The Labute approximate surface area is 233 Å². The summed E-state index contributed by atoms with van der Waals surface area (Å²) < 4.78 is 34.3. The molecule has 3 aliphatic heterocycles. The van der Waals surface area contributed by atoms with Gasteiger partial charge < -0.3 is 74.6 Å². The van der Waals surface area contributed by atoms with E-state index in [4.69, 9.17) is 34.0 Å². The van der Waals surface area contributed by atoms with Gasteiger partial charge in [-0.15, -0.1) is 0 Å². The highest BCUT2D eigenvalue weighted by Crippen LogP contribution is 2.33. The second-order valence-corrected chi connectivity index (χ2v) is 9.86. The number of aliphatic hydroxyl groups excluding tert-OH is 8. The molecule has 41 heavy (non-hydrogen) atoms. The molecule has 3 heterocycles. The van der Waals surface area contributed by atoms with Gasteiger partial charge in [0.25, 0.3) is 0 Å². The minimum absolute atomic E-state index is 0.130. The molecule has 3 fully saturated rings. The van der Waals surface area contributed by atoms with Gasteiger partial charge >= 0.3 is 0 Å². The van der Waals surface area contributed by atoms with Crippen molar-refractivity contribution in [1.82, 2.24) is 5.32 Å². The normalized spacial score (nSPS) is 45.1. The maximum absolute atomic E-state index is 12.2. The number of aliphatic hydroxyl groups is 8. The van der Waals surface area contributed by atoms with E-state index in [1.165, 1.54) is 6.92 Å². The second-order valence-electron chi connectivity index (χ2n) is 9.86. The number of amides is 1. The minimum atomic E-state index is -1.86. The molecule has 0 aromatic heterocycles. The van der Waals surface area contributed by atoms with Crippen LogP contribution in [-0.2, 0) is 33.2 Å². The molecule has 0 aromatic rings. The summed E-state index contributed by atoms with van der Waals surface area (Å²) in [6.07, 6.45) is -21.8. The Bertz CT molecular complexity index is 897. The topological polar surface area (TPSA) is 295 Å². The number of nitrogens with one attached hydrogen (secondary N) is 1. The van der Waals surface area contributed by atoms with Crippen molar-refractivity contribution in [2.75, 3.05) is 26.4 Å². The lowest BCUT2D eigenvalue weighted by atomic mass is 9.94. The third kappa shape index (κ3) is 7.79. The summed E-state index contributed by atoms with van der Waals surface area (Å²) in [5.41, 5.74) is 8.54. The molecule has 0 aliphatic carbocycles. The molecule has 0 spiro atoms. The Balaban J connectivity index is 1.98. The zero-order valence-electron chi connectivity index (χ0n) is 22.3. The number of hydrogen-bond donors (Lipinski definition) is 9. The molecule has 19 nitrogen and oxygen atoms in total. The summed E-state index contributed by atoms with van der Waals surface area (Å²) in [7, 11) is 0. The minimum Gasteiger partial charge on any atom is -0.394 e. The number of ether oxygens (including phenoxy) is 6. The molecule has 0 aromatic carbocycles. The Morgan fingerprint density at radius 2 is 1.39 bits per heavy atom. The standard InChI is InChI=1S/C22H38N4O15/c1-7-12(30)14(32)16(34)21(37-7)41-19-11(25-8(2)29)20(36-4-3-24-26-23)39-10(6-28)18(19)40-22-17(35)15(33)13(31)9(5-27)38-22/h7,9-22,27-28,30-35H,3-6H2,1-2H3,(H,25,29)/t7-,9+,10+,11+,12+,13-,14+,15-,16-,17+,18+,19+,20+,21-,22-/m0/s1. The average molecular weight is 599 g/mol. The Hall–Kier alpha value is -1.78. The molecular formula is C22H38N4O15. The van der Waals surface area contributed by atoms with E-state index in [9.17, 15) is 45.6 Å². The van der Waals surface area contributed by atoms with Crippen molar-refractivity contribution in [3.63, 3.8) is 0 Å². The number of azide groups is 1. The number of rotatable bonds is 11. The molecule has 3 saturated heterocycles. The van der Waals surface area contributed by atoms with E-state index in [-0.39, 0.29) is 13.2 Å². The van der Waals surface area contributed by atoms with Crippen LogP contribution in [0.25, 0.3) is 10.4 Å². The second kappa shape index (κ2) is 15.1. The molecule has 236 valence electrons. The number of hydrogen-bond acceptors (Lipinski definition) is 16. The zero-order chi connectivity index (χ0) is 30.4. The lowest BCUT2D eigenvalue weighted by Crippen LogP contribution is -2.69. The van der Waals surface area contributed by atoms with Crippen molar-refractivity contribution in [3.8, 4) is 0 Å². The van der Waals surface area contributed by atoms with Gasteiger partial charge in [-0.2, -0.15) is 0 Å². The zero-order valence-corrected chi connectivity index (χ0v) is 22.3. The first-order chi connectivity index (χ1) is 19.4. The van der Waals surface area contributed by atoms with Crippen molar-refractivity contribution in [2.45, 2.75) is 106 Å². The van der Waals surface area contributed by atoms with E-state index >= 15 is 0 Å². The summed E-state index contributed by atoms with van der Waals surface area (Å²) in [6.45, 7) is 0.717. The van der Waals surface area contributed by atoms with Crippen molar-refractivity contribution in [1.29, 1.82) is 0 Å². The lowest BCUT2D eigenvalue weighted by molar-refractivity contribution is -0.373. The summed E-state index contributed by atoms with van der Waals surface area (Å²) in [5.74, 6) is -0.612. The summed E-state index contributed by atoms with van der Waals surface area (Å²) >= 11 is 0. The molecule has 15 atom stereocenters. The van der Waals surface area contributed by atoms with Crippen LogP contribution in [0.2, 0.25) is 0 Å². The highest BCUT2D eigenvalue weighted by molar-refractivity contribution is 5.73. The Kier molecular flexibility index (Phi) is 12.4. The van der Waals surface area contributed by atoms with Crippen LogP contribution in [0.4, 0.5) is 0 Å². The van der Waals surface area contributed by atoms with Crippen LogP contribution in [0.3, 0.4) is 0 Å². The first kappa shape index (κ1) is 33.7. The number of nitrogens with zero attached hydrogens (tertiary/aromatic N) is 3. The van der Waals surface area contributed by atoms with E-state index in [0.717, 1.165) is 6.92 Å². The van der Waals surface area contributed by atoms with Gasteiger partial charge in [-0.3, -0.25) is 4.79 Å². The number of carbonyl (C=O) groups is 1. The molecule has 0 bridgehead atoms. The molecule has 0 unspecified atom stereocenters. The molecular weight excluding hydrogens is 560 g/mol. The van der Waals surface area contributed by atoms with Gasteiger partial charge in [0.05, 0.1) is 25.9 Å². The van der Waals surface area contributed by atoms with E-state index < -0.39 is 111 Å². The van der Waals surface area contributed by atoms with Gasteiger partial charge in [-0.1, -0.05) is 5.11 Å². The SMILES string of the molecule is CC(=O)N[C@H]1[C@H](OCCN=[N+]=[N-])O[C@H](CO)[C@@H](O[C@@H]2O[C@H](CO)[C@H](O)[C@H](O)[C@H]2O)[C@@H]1O[C@@H]1O[C@@H](C)[C@@H](O)[C@@H](O)[C@@H]1O. The highest BCUT2D eigenvalue weighted by atomic mass is 16.8. The number of carbonyl (C=O) groups excluding carboxylic acids is 1. The van der Waals surface area contributed by atoms with Crippen molar-refractivity contribution >= 4 is 5.91 Å². The van der Waals surface area contributed by atoms with Gasteiger partial charge in [0, 0.05) is 18.4 Å². The highest BCUT2D eigenvalue weighted by Gasteiger charge is 2.54. The molecule has 0 radical (unpaired) electrons. The maximum atomic E-state index is 12.2. The smallest absolute Gasteiger partial charge is 0.217 e. The summed E-state index contributed by atoms with van der Waals surface area (Å²) in [4.78, 5) is 14.8. The molecule has 3 aliphatic rings. The lowest BCUT2D eigenvalue weighted by Gasteiger charge is -2.50. The third-order valence-electron chi connectivity index (χ3n) is 6.97. The predicted molar refractivity (Wildman–Crippen MR) is 129 cm³/mol. The van der Waals surface area contributed by atoms with Crippen LogP contribution in [-0.4, -0.2) is 165 Å². The third-order valence-corrected chi connectivity index (χ3v) is 6.97. The van der Waals surface area contributed by atoms with Crippen LogP contribution in [0.1, 0.15) is 13.8 Å². The van der Waals surface area contributed by atoms with Crippen LogP contribution in [0.15, 0.2) is 5.11 Å². The molecule has 1 amide bonds. The first-order valence-corrected chi connectivity index (χ1v) is 12.9. The van der Waals surface area contributed by atoms with Gasteiger partial charge in [-0.25, -0.2) is 0 Å². The molecule has 3 rings (SSSR count). The predicted octanol–water partition coefficient (Wildman–Crippen LogP) is -5.07. The van der Waals surface area contributed by atoms with E-state index in [0.29, 0.717) is 0 Å². The van der Waals surface area contributed by atoms with Gasteiger partial charge in [-0.05, 0) is 12.5 Å². The summed E-state index contributed by atoms with van der Waals surface area (Å²) in [6, 6.07) is -1.30. The van der Waals surface area contributed by atoms with E-state index in [1.54, 1.807) is 0 Å². The molecule has 19 heteroatoms. The Morgan fingerprint density at radius 1 is 0.829 bits per heavy atom. The average Bonchev–Trinajstić information content (AvgIpc) is 2.94. The largest absolute Gasteiger partial charge is 0.394 e. The van der Waals surface area contributed by atoms with E-state index in [2.05, 4.69) is 15.3 Å². The first-order valence-electron chi connectivity index (χ1n) is 12.9. The van der Waals surface area contributed by atoms with E-state index in [1.807, 2.05) is 0 Å². The fourth-order valence-corrected chi connectivity index (χ4v) is 4.78. The van der Waals surface area contributed by atoms with Crippen molar-refractivity contribution in [3.05, 3.63) is 10.4 Å². The molecule has 0 saturated carbocycles. The van der Waals surface area contributed by atoms with Crippen LogP contribution < -0.4 is 5.32 Å². The van der Waals surface area contributed by atoms with Gasteiger partial charge in [0.1, 0.15) is 67.1 Å². The fraction of sp³-hybridized carbons (Fsp3) is 0.955.